The van der Waals surface area contributed by atoms with Crippen molar-refractivity contribution >= 4 is 5.97 Å². The molecule has 1 fully saturated rings. The van der Waals surface area contributed by atoms with Crippen molar-refractivity contribution in [2.45, 2.75) is 37.1 Å². The number of carboxylic acid groups (broad SMARTS) is 1. The topological polar surface area (TPSA) is 68.0 Å². The van der Waals surface area contributed by atoms with E-state index in [1.807, 2.05) is 0 Å². The van der Waals surface area contributed by atoms with Crippen LogP contribution in [0.3, 0.4) is 0 Å². The molecule has 0 aliphatic heterocycles. The molecule has 0 unspecified atom stereocenters. The molecular formula is C9H11F2N3O2. The third-order valence-corrected chi connectivity index (χ3v) is 3.07. The fraction of sp³-hybridized carbons (Fsp3) is 0.667. The lowest BCUT2D eigenvalue weighted by Gasteiger charge is -2.36. The lowest BCUT2D eigenvalue weighted by molar-refractivity contribution is -0.155. The number of hydrogen-bond donors (Lipinski definition) is 1. The molecule has 1 saturated carbocycles. The molecule has 1 aliphatic carbocycles. The minimum absolute atomic E-state index is 0.126. The summed E-state index contributed by atoms with van der Waals surface area (Å²) in [6.45, 7) is 0. The normalized spacial score (nSPS) is 22.9. The molecule has 2 rings (SSSR count). The summed E-state index contributed by atoms with van der Waals surface area (Å²) < 4.78 is 27.2. The smallest absolute Gasteiger partial charge is 0.331 e. The van der Waals surface area contributed by atoms with E-state index >= 15 is 0 Å². The minimum atomic E-state index is -2.76. The Labute approximate surface area is 90.1 Å². The standard InChI is InChI=1S/C9H11F2N3O2/c10-9(11)3-1-8(2-4-9,7(15)16)14-6-5-12-13-14/h5-6H,1-4H2,(H,15,16). The van der Waals surface area contributed by atoms with Crippen molar-refractivity contribution < 1.29 is 18.7 Å². The Morgan fingerprint density at radius 2 is 1.94 bits per heavy atom. The van der Waals surface area contributed by atoms with E-state index in [0.29, 0.717) is 0 Å². The number of halogens is 2. The van der Waals surface area contributed by atoms with E-state index in [1.54, 1.807) is 0 Å². The summed E-state index contributed by atoms with van der Waals surface area (Å²) in [6.07, 6.45) is 1.63. The molecule has 1 aliphatic rings. The summed E-state index contributed by atoms with van der Waals surface area (Å²) in [5.74, 6) is -3.90. The van der Waals surface area contributed by atoms with E-state index in [4.69, 9.17) is 0 Å². The fourth-order valence-corrected chi connectivity index (χ4v) is 2.01. The van der Waals surface area contributed by atoms with E-state index in [1.165, 1.54) is 17.1 Å². The maximum atomic E-state index is 13.0. The predicted octanol–water partition coefficient (Wildman–Crippen LogP) is 1.27. The fourth-order valence-electron chi connectivity index (χ4n) is 2.01. The van der Waals surface area contributed by atoms with Gasteiger partial charge in [-0.3, -0.25) is 0 Å². The van der Waals surface area contributed by atoms with E-state index in [9.17, 15) is 18.7 Å². The third-order valence-electron chi connectivity index (χ3n) is 3.07. The molecule has 0 radical (unpaired) electrons. The lowest BCUT2D eigenvalue weighted by atomic mass is 9.80. The van der Waals surface area contributed by atoms with Gasteiger partial charge in [0.05, 0.1) is 6.20 Å². The van der Waals surface area contributed by atoms with Crippen molar-refractivity contribution in [3.63, 3.8) is 0 Å². The number of aromatic nitrogens is 3. The summed E-state index contributed by atoms with van der Waals surface area (Å²) in [5.41, 5.74) is -1.36. The quantitative estimate of drug-likeness (QED) is 0.832. The molecule has 0 spiro atoms. The number of carboxylic acids is 1. The first kappa shape index (κ1) is 11.0. The number of alkyl halides is 2. The number of hydrogen-bond acceptors (Lipinski definition) is 3. The Bertz CT molecular complexity index is 381. The van der Waals surface area contributed by atoms with Gasteiger partial charge in [0.15, 0.2) is 5.54 Å². The average molecular weight is 231 g/mol. The summed E-state index contributed by atoms with van der Waals surface area (Å²) >= 11 is 0. The van der Waals surface area contributed by atoms with Crippen LogP contribution in [-0.4, -0.2) is 32.0 Å². The van der Waals surface area contributed by atoms with Crippen LogP contribution < -0.4 is 0 Å². The number of rotatable bonds is 2. The molecule has 1 aromatic rings. The highest BCUT2D eigenvalue weighted by atomic mass is 19.3. The van der Waals surface area contributed by atoms with E-state index in [2.05, 4.69) is 10.3 Å². The minimum Gasteiger partial charge on any atom is -0.479 e. The van der Waals surface area contributed by atoms with Gasteiger partial charge in [0.1, 0.15) is 0 Å². The van der Waals surface area contributed by atoms with E-state index < -0.39 is 30.3 Å². The molecule has 0 bridgehead atoms. The molecule has 16 heavy (non-hydrogen) atoms. The molecule has 0 aromatic carbocycles. The maximum Gasteiger partial charge on any atom is 0.331 e. The van der Waals surface area contributed by atoms with Crippen LogP contribution in [-0.2, 0) is 10.3 Å². The Hall–Kier alpha value is -1.53. The van der Waals surface area contributed by atoms with E-state index in [-0.39, 0.29) is 12.8 Å². The molecular weight excluding hydrogens is 220 g/mol. The zero-order valence-corrected chi connectivity index (χ0v) is 8.44. The third kappa shape index (κ3) is 1.66. The van der Waals surface area contributed by atoms with Crippen molar-refractivity contribution in [1.29, 1.82) is 0 Å². The van der Waals surface area contributed by atoms with Crippen LogP contribution in [0.2, 0.25) is 0 Å². The van der Waals surface area contributed by atoms with Crippen molar-refractivity contribution in [3.05, 3.63) is 12.4 Å². The number of aliphatic carboxylic acids is 1. The largest absolute Gasteiger partial charge is 0.479 e. The van der Waals surface area contributed by atoms with Crippen LogP contribution in [0.5, 0.6) is 0 Å². The zero-order valence-electron chi connectivity index (χ0n) is 8.44. The monoisotopic (exact) mass is 231 g/mol. The highest BCUT2D eigenvalue weighted by Gasteiger charge is 2.50. The SMILES string of the molecule is O=C(O)C1(n2ccnn2)CCC(F)(F)CC1. The van der Waals surface area contributed by atoms with Gasteiger partial charge in [0.25, 0.3) is 0 Å². The summed E-state index contributed by atoms with van der Waals surface area (Å²) in [5, 5.41) is 16.3. The lowest BCUT2D eigenvalue weighted by Crippen LogP contribution is -2.47. The van der Waals surface area contributed by atoms with Crippen LogP contribution in [0.4, 0.5) is 8.78 Å². The van der Waals surface area contributed by atoms with Gasteiger partial charge in [0, 0.05) is 19.0 Å². The maximum absolute atomic E-state index is 13.0. The molecule has 0 amide bonds. The molecule has 0 saturated heterocycles. The van der Waals surface area contributed by atoms with Crippen molar-refractivity contribution in [1.82, 2.24) is 15.0 Å². The second-order valence-electron chi connectivity index (χ2n) is 4.04. The van der Waals surface area contributed by atoms with Gasteiger partial charge in [-0.2, -0.15) is 0 Å². The molecule has 1 heterocycles. The number of nitrogens with zero attached hydrogens (tertiary/aromatic N) is 3. The highest BCUT2D eigenvalue weighted by Crippen LogP contribution is 2.42. The first-order valence-corrected chi connectivity index (χ1v) is 4.94. The van der Waals surface area contributed by atoms with Crippen molar-refractivity contribution in [2.24, 2.45) is 0 Å². The van der Waals surface area contributed by atoms with Crippen LogP contribution in [0.25, 0.3) is 0 Å². The second-order valence-corrected chi connectivity index (χ2v) is 4.04. The Morgan fingerprint density at radius 3 is 2.38 bits per heavy atom. The average Bonchev–Trinajstić information content (AvgIpc) is 2.71. The van der Waals surface area contributed by atoms with Crippen LogP contribution in [0.1, 0.15) is 25.7 Å². The highest BCUT2D eigenvalue weighted by molar-refractivity contribution is 5.76. The molecule has 1 aromatic heterocycles. The molecule has 1 N–H and O–H groups in total. The van der Waals surface area contributed by atoms with Gasteiger partial charge >= 0.3 is 5.97 Å². The first-order chi connectivity index (χ1) is 7.46. The first-order valence-electron chi connectivity index (χ1n) is 4.94. The van der Waals surface area contributed by atoms with E-state index in [0.717, 1.165) is 0 Å². The Kier molecular flexibility index (Phi) is 2.40. The summed E-state index contributed by atoms with van der Waals surface area (Å²) in [4.78, 5) is 11.3. The molecule has 5 nitrogen and oxygen atoms in total. The predicted molar refractivity (Wildman–Crippen MR) is 49.0 cm³/mol. The van der Waals surface area contributed by atoms with Crippen LogP contribution in [0, 0.1) is 0 Å². The van der Waals surface area contributed by atoms with Gasteiger partial charge in [-0.25, -0.2) is 18.3 Å². The van der Waals surface area contributed by atoms with Gasteiger partial charge in [-0.15, -0.1) is 5.10 Å². The zero-order chi connectivity index (χ0) is 11.8. The number of carbonyl (C=O) groups is 1. The molecule has 88 valence electrons. The van der Waals surface area contributed by atoms with Gasteiger partial charge in [-0.1, -0.05) is 5.21 Å². The summed E-state index contributed by atoms with van der Waals surface area (Å²) in [7, 11) is 0. The van der Waals surface area contributed by atoms with Crippen molar-refractivity contribution in [2.75, 3.05) is 0 Å². The molecule has 7 heteroatoms. The second kappa shape index (κ2) is 3.50. The Balaban J connectivity index is 2.30. The van der Waals surface area contributed by atoms with Gasteiger partial charge in [0.2, 0.25) is 5.92 Å². The summed E-state index contributed by atoms with van der Waals surface area (Å²) in [6, 6.07) is 0. The van der Waals surface area contributed by atoms with Crippen LogP contribution >= 0.6 is 0 Å². The van der Waals surface area contributed by atoms with Gasteiger partial charge in [-0.05, 0) is 12.8 Å². The van der Waals surface area contributed by atoms with Crippen LogP contribution in [0.15, 0.2) is 12.4 Å². The van der Waals surface area contributed by atoms with Gasteiger partial charge < -0.3 is 5.11 Å². The Morgan fingerprint density at radius 1 is 1.31 bits per heavy atom. The molecule has 0 atom stereocenters. The van der Waals surface area contributed by atoms with Crippen molar-refractivity contribution in [3.8, 4) is 0 Å².